The van der Waals surface area contributed by atoms with E-state index in [2.05, 4.69) is 5.10 Å². The van der Waals surface area contributed by atoms with Gasteiger partial charge in [-0.2, -0.15) is 5.10 Å². The van der Waals surface area contributed by atoms with Gasteiger partial charge in [0.25, 0.3) is 0 Å². The number of hydrogen-bond donors (Lipinski definition) is 0. The molecule has 4 nitrogen and oxygen atoms in total. The van der Waals surface area contributed by atoms with Gasteiger partial charge < -0.3 is 4.74 Å². The fourth-order valence-electron chi connectivity index (χ4n) is 1.67. The van der Waals surface area contributed by atoms with Gasteiger partial charge in [0.1, 0.15) is 5.69 Å². The first-order valence-corrected chi connectivity index (χ1v) is 4.33. The zero-order chi connectivity index (χ0) is 9.42. The summed E-state index contributed by atoms with van der Waals surface area (Å²) in [5.41, 5.74) is 2.72. The molecular weight excluding hydrogens is 168 g/mol. The summed E-state index contributed by atoms with van der Waals surface area (Å²) < 4.78 is 7.04. The first-order chi connectivity index (χ1) is 6.20. The van der Waals surface area contributed by atoms with Gasteiger partial charge in [-0.25, -0.2) is 0 Å². The third-order valence-electron chi connectivity index (χ3n) is 2.34. The minimum atomic E-state index is 0.0405. The lowest BCUT2D eigenvalue weighted by atomic mass is 10.1. The van der Waals surface area contributed by atoms with Gasteiger partial charge in [0, 0.05) is 19.5 Å². The smallest absolute Gasteiger partial charge is 0.180 e. The van der Waals surface area contributed by atoms with Gasteiger partial charge in [0.2, 0.25) is 0 Å². The van der Waals surface area contributed by atoms with Crippen LogP contribution in [0.2, 0.25) is 0 Å². The summed E-state index contributed by atoms with van der Waals surface area (Å²) in [4.78, 5) is 11.2. The minimum absolute atomic E-state index is 0.0405. The Morgan fingerprint density at radius 1 is 1.62 bits per heavy atom. The summed E-state index contributed by atoms with van der Waals surface area (Å²) in [6.45, 7) is 2.82. The van der Waals surface area contributed by atoms with E-state index < -0.39 is 0 Å². The van der Waals surface area contributed by atoms with Crippen LogP contribution in [0.1, 0.15) is 28.7 Å². The van der Waals surface area contributed by atoms with Crippen LogP contribution in [0.15, 0.2) is 0 Å². The highest BCUT2D eigenvalue weighted by Crippen LogP contribution is 2.20. The van der Waals surface area contributed by atoms with Crippen LogP contribution in [-0.4, -0.2) is 22.2 Å². The summed E-state index contributed by atoms with van der Waals surface area (Å²) in [6, 6.07) is 0. The molecule has 0 radical (unpaired) electrons. The number of aryl methyl sites for hydroxylation is 1. The lowest BCUT2D eigenvalue weighted by Gasteiger charge is -2.12. The average Bonchev–Trinajstić information content (AvgIpc) is 2.45. The lowest BCUT2D eigenvalue weighted by Crippen LogP contribution is -2.12. The van der Waals surface area contributed by atoms with Crippen LogP contribution < -0.4 is 0 Å². The van der Waals surface area contributed by atoms with Crippen molar-refractivity contribution < 1.29 is 9.53 Å². The highest BCUT2D eigenvalue weighted by Gasteiger charge is 2.21. The van der Waals surface area contributed by atoms with E-state index in [4.69, 9.17) is 4.74 Å². The molecule has 0 amide bonds. The van der Waals surface area contributed by atoms with Crippen molar-refractivity contribution >= 4 is 5.78 Å². The molecule has 0 saturated carbocycles. The number of nitrogens with zero attached hydrogens (tertiary/aromatic N) is 2. The molecule has 70 valence electrons. The number of fused-ring (bicyclic) bond motifs is 1. The standard InChI is InChI=1S/C9H12N2O2/c1-6(12)9-7-3-4-13-5-8(7)11(2)10-9/h3-5H2,1-2H3. The molecule has 0 saturated heterocycles. The normalized spacial score (nSPS) is 15.5. The number of rotatable bonds is 1. The van der Waals surface area contributed by atoms with E-state index in [0.717, 1.165) is 17.7 Å². The first-order valence-electron chi connectivity index (χ1n) is 4.33. The molecule has 0 bridgehead atoms. The molecule has 1 aromatic heterocycles. The number of hydrogen-bond acceptors (Lipinski definition) is 3. The van der Waals surface area contributed by atoms with E-state index in [0.29, 0.717) is 18.9 Å². The van der Waals surface area contributed by atoms with E-state index in [1.807, 2.05) is 7.05 Å². The van der Waals surface area contributed by atoms with Crippen molar-refractivity contribution in [1.82, 2.24) is 9.78 Å². The molecule has 2 rings (SSSR count). The molecule has 1 aromatic rings. The summed E-state index contributed by atoms with van der Waals surface area (Å²) in [7, 11) is 1.85. The largest absolute Gasteiger partial charge is 0.375 e. The molecule has 0 atom stereocenters. The van der Waals surface area contributed by atoms with Crippen LogP contribution in [0, 0.1) is 0 Å². The maximum absolute atomic E-state index is 11.2. The molecule has 1 aliphatic heterocycles. The second-order valence-corrected chi connectivity index (χ2v) is 3.26. The molecule has 0 N–H and O–H groups in total. The summed E-state index contributed by atoms with van der Waals surface area (Å²) in [5, 5.41) is 4.18. The van der Waals surface area contributed by atoms with Crippen molar-refractivity contribution in [2.75, 3.05) is 6.61 Å². The van der Waals surface area contributed by atoms with E-state index in [1.54, 1.807) is 11.6 Å². The maximum Gasteiger partial charge on any atom is 0.180 e. The Bertz CT molecular complexity index is 355. The highest BCUT2D eigenvalue weighted by atomic mass is 16.5. The van der Waals surface area contributed by atoms with Crippen LogP contribution >= 0.6 is 0 Å². The number of aromatic nitrogens is 2. The molecular formula is C9H12N2O2. The molecule has 13 heavy (non-hydrogen) atoms. The molecule has 0 fully saturated rings. The number of ketones is 1. The number of carbonyl (C=O) groups excluding carboxylic acids is 1. The van der Waals surface area contributed by atoms with E-state index in [9.17, 15) is 4.79 Å². The Kier molecular flexibility index (Phi) is 1.92. The van der Waals surface area contributed by atoms with Crippen molar-refractivity contribution in [3.05, 3.63) is 17.0 Å². The van der Waals surface area contributed by atoms with E-state index in [-0.39, 0.29) is 5.78 Å². The zero-order valence-electron chi connectivity index (χ0n) is 7.83. The van der Waals surface area contributed by atoms with E-state index >= 15 is 0 Å². The molecule has 0 unspecified atom stereocenters. The second kappa shape index (κ2) is 2.96. The van der Waals surface area contributed by atoms with Crippen molar-refractivity contribution in [3.8, 4) is 0 Å². The Labute approximate surface area is 76.5 Å². The van der Waals surface area contributed by atoms with Gasteiger partial charge in [-0.15, -0.1) is 0 Å². The van der Waals surface area contributed by atoms with Crippen molar-refractivity contribution in [3.63, 3.8) is 0 Å². The Balaban J connectivity index is 2.53. The Morgan fingerprint density at radius 2 is 2.38 bits per heavy atom. The Hall–Kier alpha value is -1.16. The number of ether oxygens (including phenoxy) is 1. The molecule has 0 spiro atoms. The minimum Gasteiger partial charge on any atom is -0.375 e. The molecule has 0 aromatic carbocycles. The first kappa shape index (κ1) is 8.44. The summed E-state index contributed by atoms with van der Waals surface area (Å²) in [5.74, 6) is 0.0405. The van der Waals surface area contributed by atoms with Gasteiger partial charge in [-0.3, -0.25) is 9.48 Å². The molecule has 0 aliphatic carbocycles. The van der Waals surface area contributed by atoms with Crippen LogP contribution in [0.3, 0.4) is 0 Å². The van der Waals surface area contributed by atoms with Crippen LogP contribution in [-0.2, 0) is 24.8 Å². The van der Waals surface area contributed by atoms with Crippen LogP contribution in [0.25, 0.3) is 0 Å². The van der Waals surface area contributed by atoms with Gasteiger partial charge in [0.05, 0.1) is 18.9 Å². The van der Waals surface area contributed by atoms with Gasteiger partial charge >= 0.3 is 0 Å². The van der Waals surface area contributed by atoms with Gasteiger partial charge in [-0.05, 0) is 6.42 Å². The topological polar surface area (TPSA) is 44.1 Å². The summed E-state index contributed by atoms with van der Waals surface area (Å²) in [6.07, 6.45) is 0.804. The van der Waals surface area contributed by atoms with Crippen molar-refractivity contribution in [1.29, 1.82) is 0 Å². The number of Topliss-reactive ketones (excluding diaryl/α,β-unsaturated/α-hetero) is 1. The fraction of sp³-hybridized carbons (Fsp3) is 0.556. The average molecular weight is 180 g/mol. The quantitative estimate of drug-likeness (QED) is 0.597. The van der Waals surface area contributed by atoms with Crippen molar-refractivity contribution in [2.24, 2.45) is 7.05 Å². The predicted molar refractivity (Wildman–Crippen MR) is 46.6 cm³/mol. The number of carbonyl (C=O) groups is 1. The highest BCUT2D eigenvalue weighted by molar-refractivity contribution is 5.93. The third-order valence-corrected chi connectivity index (χ3v) is 2.34. The van der Waals surface area contributed by atoms with Crippen LogP contribution in [0.4, 0.5) is 0 Å². The Morgan fingerprint density at radius 3 is 3.08 bits per heavy atom. The monoisotopic (exact) mass is 180 g/mol. The SMILES string of the molecule is CC(=O)c1nn(C)c2c1CCOC2. The molecule has 4 heteroatoms. The lowest BCUT2D eigenvalue weighted by molar-refractivity contribution is 0.0995. The van der Waals surface area contributed by atoms with Crippen LogP contribution in [0.5, 0.6) is 0 Å². The fourth-order valence-corrected chi connectivity index (χ4v) is 1.67. The molecule has 2 heterocycles. The summed E-state index contributed by atoms with van der Waals surface area (Å²) >= 11 is 0. The maximum atomic E-state index is 11.2. The van der Waals surface area contributed by atoms with Gasteiger partial charge in [-0.1, -0.05) is 0 Å². The van der Waals surface area contributed by atoms with Gasteiger partial charge in [0.15, 0.2) is 5.78 Å². The van der Waals surface area contributed by atoms with Crippen molar-refractivity contribution in [2.45, 2.75) is 20.0 Å². The zero-order valence-corrected chi connectivity index (χ0v) is 7.83. The second-order valence-electron chi connectivity index (χ2n) is 3.26. The van der Waals surface area contributed by atoms with E-state index in [1.165, 1.54) is 0 Å². The predicted octanol–water partition coefficient (Wildman–Crippen LogP) is 0.695. The molecule has 1 aliphatic rings. The third kappa shape index (κ3) is 1.27.